The molecule has 0 atom stereocenters. The van der Waals surface area contributed by atoms with E-state index in [1.54, 1.807) is 0 Å². The number of hydrogen-bond donors (Lipinski definition) is 2. The Balaban J connectivity index is 2.47. The van der Waals surface area contributed by atoms with Crippen molar-refractivity contribution in [2.45, 2.75) is 13.3 Å². The van der Waals surface area contributed by atoms with E-state index in [1.165, 1.54) is 4.90 Å². The predicted octanol–water partition coefficient (Wildman–Crippen LogP) is -1.42. The van der Waals surface area contributed by atoms with Crippen LogP contribution in [0.2, 0.25) is 0 Å². The molecule has 0 aliphatic rings. The van der Waals surface area contributed by atoms with Crippen molar-refractivity contribution in [2.75, 3.05) is 19.7 Å². The average Bonchev–Trinajstić information content (AvgIpc) is 2.66. The van der Waals surface area contributed by atoms with Crippen LogP contribution in [-0.4, -0.2) is 56.2 Å². The average molecular weight is 199 g/mol. The van der Waals surface area contributed by atoms with Crippen LogP contribution in [0.3, 0.4) is 0 Å². The van der Waals surface area contributed by atoms with E-state index in [0.29, 0.717) is 18.9 Å². The van der Waals surface area contributed by atoms with Crippen LogP contribution in [0, 0.1) is 0 Å². The van der Waals surface area contributed by atoms with Gasteiger partial charge in [-0.15, -0.1) is 10.2 Å². The van der Waals surface area contributed by atoms with Gasteiger partial charge in [0.1, 0.15) is 0 Å². The summed E-state index contributed by atoms with van der Waals surface area (Å²) in [4.78, 5) is 13.1. The first-order chi connectivity index (χ1) is 6.77. The van der Waals surface area contributed by atoms with Gasteiger partial charge in [0.2, 0.25) is 5.91 Å². The lowest BCUT2D eigenvalue weighted by atomic mass is 10.3. The third kappa shape index (κ3) is 2.77. The lowest BCUT2D eigenvalue weighted by Gasteiger charge is -2.18. The molecule has 0 fully saturated rings. The van der Waals surface area contributed by atoms with E-state index in [9.17, 15) is 4.79 Å². The molecule has 1 aromatic rings. The molecule has 0 aliphatic heterocycles. The van der Waals surface area contributed by atoms with Gasteiger partial charge in [-0.1, -0.05) is 5.21 Å². The first-order valence-corrected chi connectivity index (χ1v) is 4.39. The molecule has 7 heteroatoms. The molecule has 78 valence electrons. The summed E-state index contributed by atoms with van der Waals surface area (Å²) < 4.78 is 0. The maximum atomic E-state index is 11.5. The second-order valence-corrected chi connectivity index (χ2v) is 2.70. The van der Waals surface area contributed by atoms with E-state index in [4.69, 9.17) is 5.11 Å². The number of nitrogens with zero attached hydrogens (tertiary/aromatic N) is 4. The molecule has 0 aromatic carbocycles. The molecule has 0 saturated heterocycles. The quantitative estimate of drug-likeness (QED) is 0.607. The van der Waals surface area contributed by atoms with E-state index in [1.807, 2.05) is 6.92 Å². The third-order valence-electron chi connectivity index (χ3n) is 1.80. The number of H-pyrrole nitrogens is 1. The zero-order valence-electron chi connectivity index (χ0n) is 7.97. The molecule has 1 rings (SSSR count). The monoisotopic (exact) mass is 199 g/mol. The van der Waals surface area contributed by atoms with Gasteiger partial charge in [-0.25, -0.2) is 0 Å². The molecule has 1 amide bonds. The molecular weight excluding hydrogens is 186 g/mol. The Bertz CT molecular complexity index is 274. The number of amides is 1. The zero-order valence-corrected chi connectivity index (χ0v) is 7.97. The van der Waals surface area contributed by atoms with Crippen molar-refractivity contribution in [1.29, 1.82) is 0 Å². The number of tetrazole rings is 1. The molecule has 2 N–H and O–H groups in total. The minimum atomic E-state index is -0.108. The number of aromatic nitrogens is 4. The first-order valence-electron chi connectivity index (χ1n) is 4.39. The fourth-order valence-electron chi connectivity index (χ4n) is 1.08. The van der Waals surface area contributed by atoms with Crippen molar-refractivity contribution in [3.05, 3.63) is 5.82 Å². The van der Waals surface area contributed by atoms with Crippen molar-refractivity contribution in [1.82, 2.24) is 25.5 Å². The molecule has 1 aromatic heterocycles. The number of hydrogen-bond acceptors (Lipinski definition) is 5. The molecular formula is C7H13N5O2. The molecule has 0 aliphatic carbocycles. The summed E-state index contributed by atoms with van der Waals surface area (Å²) in [6.45, 7) is 2.72. The van der Waals surface area contributed by atoms with Gasteiger partial charge in [0, 0.05) is 13.1 Å². The molecule has 0 unspecified atom stereocenters. The Morgan fingerprint density at radius 1 is 1.64 bits per heavy atom. The zero-order chi connectivity index (χ0) is 10.4. The van der Waals surface area contributed by atoms with Crippen molar-refractivity contribution in [3.8, 4) is 0 Å². The molecule has 0 saturated carbocycles. The number of carbonyl (C=O) groups excluding carboxylic acids is 1. The van der Waals surface area contributed by atoms with Crippen molar-refractivity contribution < 1.29 is 9.90 Å². The van der Waals surface area contributed by atoms with Gasteiger partial charge in [-0.05, 0) is 6.92 Å². The lowest BCUT2D eigenvalue weighted by Crippen LogP contribution is -2.34. The summed E-state index contributed by atoms with van der Waals surface area (Å²) in [5.41, 5.74) is 0. The number of aliphatic hydroxyl groups excluding tert-OH is 1. The number of nitrogens with one attached hydrogen (secondary N) is 1. The topological polar surface area (TPSA) is 95.0 Å². The van der Waals surface area contributed by atoms with Gasteiger partial charge >= 0.3 is 0 Å². The Kier molecular flexibility index (Phi) is 3.99. The van der Waals surface area contributed by atoms with E-state index in [2.05, 4.69) is 20.6 Å². The molecule has 7 nitrogen and oxygen atoms in total. The van der Waals surface area contributed by atoms with Crippen molar-refractivity contribution in [3.63, 3.8) is 0 Å². The van der Waals surface area contributed by atoms with Gasteiger partial charge in [0.05, 0.1) is 13.0 Å². The summed E-state index contributed by atoms with van der Waals surface area (Å²) in [6.07, 6.45) is 0.115. The van der Waals surface area contributed by atoms with E-state index < -0.39 is 0 Å². The number of rotatable bonds is 5. The van der Waals surface area contributed by atoms with E-state index >= 15 is 0 Å². The molecule has 0 radical (unpaired) electrons. The van der Waals surface area contributed by atoms with Crippen molar-refractivity contribution >= 4 is 5.91 Å². The molecule has 0 bridgehead atoms. The maximum absolute atomic E-state index is 11.5. The largest absolute Gasteiger partial charge is 0.395 e. The predicted molar refractivity (Wildman–Crippen MR) is 47.2 cm³/mol. The van der Waals surface area contributed by atoms with Crippen LogP contribution in [0.1, 0.15) is 12.7 Å². The molecule has 14 heavy (non-hydrogen) atoms. The fourth-order valence-corrected chi connectivity index (χ4v) is 1.08. The van der Waals surface area contributed by atoms with Gasteiger partial charge in [0.15, 0.2) is 5.82 Å². The Morgan fingerprint density at radius 3 is 2.93 bits per heavy atom. The summed E-state index contributed by atoms with van der Waals surface area (Å²) in [6, 6.07) is 0. The smallest absolute Gasteiger partial charge is 0.230 e. The number of likely N-dealkylation sites (N-methyl/N-ethyl adjacent to an activating group) is 1. The highest BCUT2D eigenvalue weighted by Gasteiger charge is 2.13. The number of aliphatic hydroxyl groups is 1. The lowest BCUT2D eigenvalue weighted by molar-refractivity contribution is -0.130. The Hall–Kier alpha value is -1.50. The van der Waals surface area contributed by atoms with E-state index in [0.717, 1.165) is 0 Å². The fraction of sp³-hybridized carbons (Fsp3) is 0.714. The number of aromatic amines is 1. The second kappa shape index (κ2) is 5.28. The summed E-state index contributed by atoms with van der Waals surface area (Å²) in [5, 5.41) is 21.7. The second-order valence-electron chi connectivity index (χ2n) is 2.70. The molecule has 0 spiro atoms. The van der Waals surface area contributed by atoms with Gasteiger partial charge in [0.25, 0.3) is 0 Å². The standard InChI is InChI=1S/C7H13N5O2/c1-2-12(3-4-13)7(14)5-6-8-10-11-9-6/h13H,2-5H2,1H3,(H,8,9,10,11). The van der Waals surface area contributed by atoms with Crippen LogP contribution in [0.4, 0.5) is 0 Å². The van der Waals surface area contributed by atoms with Crippen LogP contribution >= 0.6 is 0 Å². The molecule has 1 heterocycles. The normalized spacial score (nSPS) is 10.1. The SMILES string of the molecule is CCN(CCO)C(=O)Cc1nn[nH]n1. The Labute approximate surface area is 81.1 Å². The van der Waals surface area contributed by atoms with Crippen LogP contribution in [0.25, 0.3) is 0 Å². The van der Waals surface area contributed by atoms with Crippen molar-refractivity contribution in [2.24, 2.45) is 0 Å². The minimum absolute atomic E-state index is 0.0359. The van der Waals surface area contributed by atoms with Crippen LogP contribution in [0.5, 0.6) is 0 Å². The number of carbonyl (C=O) groups is 1. The summed E-state index contributed by atoms with van der Waals surface area (Å²) >= 11 is 0. The highest BCUT2D eigenvalue weighted by atomic mass is 16.3. The highest BCUT2D eigenvalue weighted by Crippen LogP contribution is 1.95. The van der Waals surface area contributed by atoms with E-state index in [-0.39, 0.29) is 18.9 Å². The van der Waals surface area contributed by atoms with Crippen LogP contribution in [-0.2, 0) is 11.2 Å². The van der Waals surface area contributed by atoms with Crippen LogP contribution < -0.4 is 0 Å². The van der Waals surface area contributed by atoms with Gasteiger partial charge in [-0.2, -0.15) is 5.21 Å². The minimum Gasteiger partial charge on any atom is -0.395 e. The highest BCUT2D eigenvalue weighted by molar-refractivity contribution is 5.77. The Morgan fingerprint density at radius 2 is 2.43 bits per heavy atom. The summed E-state index contributed by atoms with van der Waals surface area (Å²) in [5.74, 6) is 0.259. The van der Waals surface area contributed by atoms with Gasteiger partial charge in [-0.3, -0.25) is 4.79 Å². The van der Waals surface area contributed by atoms with Gasteiger partial charge < -0.3 is 10.0 Å². The maximum Gasteiger partial charge on any atom is 0.230 e. The summed E-state index contributed by atoms with van der Waals surface area (Å²) in [7, 11) is 0. The van der Waals surface area contributed by atoms with Crippen LogP contribution in [0.15, 0.2) is 0 Å². The third-order valence-corrected chi connectivity index (χ3v) is 1.80. The first kappa shape index (κ1) is 10.6.